The molecule has 0 aliphatic carbocycles. The van der Waals surface area contributed by atoms with E-state index in [9.17, 15) is 9.59 Å². The van der Waals surface area contributed by atoms with E-state index in [4.69, 9.17) is 10.9 Å². The third-order valence-electron chi connectivity index (χ3n) is 2.90. The van der Waals surface area contributed by atoms with Crippen molar-refractivity contribution in [2.24, 2.45) is 0 Å². The van der Waals surface area contributed by atoms with Crippen molar-refractivity contribution in [1.29, 1.82) is 0 Å². The van der Waals surface area contributed by atoms with Crippen LogP contribution in [0.25, 0.3) is 22.6 Å². The Kier molecular flexibility index (Phi) is 3.01. The number of carboxylic acid groups (broad SMARTS) is 1. The van der Waals surface area contributed by atoms with E-state index >= 15 is 0 Å². The molecule has 0 radical (unpaired) electrons. The van der Waals surface area contributed by atoms with E-state index in [1.54, 1.807) is 24.3 Å². The number of fused-ring (bicyclic) bond motifs is 1. The second kappa shape index (κ2) is 5.28. The smallest absolute Gasteiger partial charge is 0.354 e. The fraction of sp³-hybridized carbons (Fsp3) is 0.0667. The Balaban J connectivity index is 1.98. The van der Waals surface area contributed by atoms with Crippen molar-refractivity contribution >= 4 is 28.7 Å². The van der Waals surface area contributed by atoms with Crippen LogP contribution in [-0.2, 0) is 4.79 Å². The molecule has 2 aromatic heterocycles. The number of carbonyl (C=O) groups excluding carboxylic acids is 1. The summed E-state index contributed by atoms with van der Waals surface area (Å²) in [7, 11) is 0. The molecule has 0 fully saturated rings. The molecule has 1 aromatic carbocycles. The normalized spacial score (nSPS) is 11.2. The van der Waals surface area contributed by atoms with Gasteiger partial charge in [0.05, 0.1) is 0 Å². The molecule has 0 aliphatic heterocycles. The van der Waals surface area contributed by atoms with Gasteiger partial charge in [-0.2, -0.15) is 0 Å². The zero-order chi connectivity index (χ0) is 16.4. The van der Waals surface area contributed by atoms with Crippen molar-refractivity contribution in [1.82, 2.24) is 9.97 Å². The molecule has 0 saturated heterocycles. The number of nitrogens with one attached hydrogen (secondary N) is 1. The molecule has 0 atom stereocenters. The average Bonchev–Trinajstić information content (AvgIpc) is 2.98. The van der Waals surface area contributed by atoms with Crippen molar-refractivity contribution in [2.75, 3.05) is 5.32 Å². The molecular weight excluding hydrogens is 286 g/mol. The maximum atomic E-state index is 11.2. The van der Waals surface area contributed by atoms with Gasteiger partial charge in [0.2, 0.25) is 11.8 Å². The molecule has 0 saturated carbocycles. The molecule has 0 unspecified atom stereocenters. The van der Waals surface area contributed by atoms with Crippen LogP contribution < -0.4 is 5.32 Å². The molecule has 110 valence electrons. The van der Waals surface area contributed by atoms with Crippen LogP contribution in [0.4, 0.5) is 5.69 Å². The Labute approximate surface area is 126 Å². The Hall–Kier alpha value is -3.22. The molecule has 0 aliphatic rings. The first kappa shape index (κ1) is 12.5. The fourth-order valence-corrected chi connectivity index (χ4v) is 1.97. The quantitative estimate of drug-likeness (QED) is 0.769. The third kappa shape index (κ3) is 2.64. The number of pyridine rings is 1. The summed E-state index contributed by atoms with van der Waals surface area (Å²) in [6.45, 7) is -0.364. The standard InChI is InChI=1S/C15H11N3O4/c1-8(19)17-10-2-3-13-11(7-10)18-14(22-13)9-4-5-16-12(6-9)15(20)21/h2-7H,1H3,(H,17,19)(H,20,21)/i1D. The number of oxazole rings is 1. The molecule has 0 spiro atoms. The van der Waals surface area contributed by atoms with Crippen LogP contribution in [0.3, 0.4) is 0 Å². The number of carbonyl (C=O) groups is 2. The molecular formula is C15H11N3O4. The Morgan fingerprint density at radius 2 is 2.18 bits per heavy atom. The van der Waals surface area contributed by atoms with Gasteiger partial charge in [0.15, 0.2) is 5.58 Å². The van der Waals surface area contributed by atoms with Crippen LogP contribution >= 0.6 is 0 Å². The number of hydrogen-bond donors (Lipinski definition) is 2. The Bertz CT molecular complexity index is 907. The van der Waals surface area contributed by atoms with Crippen LogP contribution in [0.1, 0.15) is 18.8 Å². The van der Waals surface area contributed by atoms with E-state index in [0.29, 0.717) is 22.4 Å². The van der Waals surface area contributed by atoms with Crippen LogP contribution in [0.15, 0.2) is 40.9 Å². The van der Waals surface area contributed by atoms with Crippen LogP contribution in [0.5, 0.6) is 0 Å². The first-order valence-electron chi connectivity index (χ1n) is 6.97. The van der Waals surface area contributed by atoms with Gasteiger partial charge in [-0.05, 0) is 30.3 Å². The first-order valence-corrected chi connectivity index (χ1v) is 6.26. The molecule has 2 heterocycles. The lowest BCUT2D eigenvalue weighted by Crippen LogP contribution is -2.05. The number of carboxylic acids is 1. The van der Waals surface area contributed by atoms with Crippen molar-refractivity contribution in [3.8, 4) is 11.5 Å². The topological polar surface area (TPSA) is 105 Å². The first-order chi connectivity index (χ1) is 11.1. The van der Waals surface area contributed by atoms with E-state index in [1.165, 1.54) is 12.3 Å². The Morgan fingerprint density at radius 1 is 1.32 bits per heavy atom. The number of anilines is 1. The maximum Gasteiger partial charge on any atom is 0.354 e. The van der Waals surface area contributed by atoms with Crippen LogP contribution in [0.2, 0.25) is 0 Å². The molecule has 7 heteroatoms. The van der Waals surface area contributed by atoms with Gasteiger partial charge in [0, 0.05) is 25.7 Å². The molecule has 0 bridgehead atoms. The van der Waals surface area contributed by atoms with Gasteiger partial charge in [-0.25, -0.2) is 14.8 Å². The third-order valence-corrected chi connectivity index (χ3v) is 2.90. The highest BCUT2D eigenvalue weighted by atomic mass is 16.4. The van der Waals surface area contributed by atoms with Gasteiger partial charge in [-0.15, -0.1) is 0 Å². The van der Waals surface area contributed by atoms with Crippen molar-refractivity contribution < 1.29 is 20.5 Å². The van der Waals surface area contributed by atoms with Gasteiger partial charge in [-0.3, -0.25) is 4.79 Å². The van der Waals surface area contributed by atoms with Crippen LogP contribution in [0, 0.1) is 0 Å². The minimum atomic E-state index is -1.14. The van der Waals surface area contributed by atoms with E-state index in [1.807, 2.05) is 0 Å². The van der Waals surface area contributed by atoms with Crippen molar-refractivity contribution in [3.63, 3.8) is 0 Å². The number of nitrogens with zero attached hydrogens (tertiary/aromatic N) is 2. The number of rotatable bonds is 3. The zero-order valence-electron chi connectivity index (χ0n) is 12.2. The summed E-state index contributed by atoms with van der Waals surface area (Å²) in [6.07, 6.45) is 1.37. The predicted octanol–water partition coefficient (Wildman–Crippen LogP) is 2.55. The van der Waals surface area contributed by atoms with E-state index in [-0.39, 0.29) is 18.5 Å². The van der Waals surface area contributed by atoms with Crippen LogP contribution in [-0.4, -0.2) is 27.0 Å². The van der Waals surface area contributed by atoms with Gasteiger partial charge in [0.25, 0.3) is 0 Å². The SMILES string of the molecule is [2H]CC(=O)Nc1ccc2oc(-c3ccnc(C(=O)O)c3)nc2c1. The molecule has 2 N–H and O–H groups in total. The number of aromatic carboxylic acids is 1. The van der Waals surface area contributed by atoms with E-state index in [2.05, 4.69) is 15.3 Å². The highest BCUT2D eigenvalue weighted by Gasteiger charge is 2.12. The van der Waals surface area contributed by atoms with Crippen molar-refractivity contribution in [2.45, 2.75) is 6.90 Å². The summed E-state index contributed by atoms with van der Waals surface area (Å²) in [4.78, 5) is 30.2. The summed E-state index contributed by atoms with van der Waals surface area (Å²) in [6, 6.07) is 7.87. The molecule has 1 amide bonds. The van der Waals surface area contributed by atoms with Gasteiger partial charge < -0.3 is 14.8 Å². The molecule has 7 nitrogen and oxygen atoms in total. The molecule has 3 aromatic rings. The minimum Gasteiger partial charge on any atom is -0.477 e. The molecule has 22 heavy (non-hydrogen) atoms. The highest BCUT2D eigenvalue weighted by Crippen LogP contribution is 2.26. The fourth-order valence-electron chi connectivity index (χ4n) is 1.97. The molecule has 3 rings (SSSR count). The lowest BCUT2D eigenvalue weighted by Gasteiger charge is -1.99. The number of aromatic nitrogens is 2. The van der Waals surface area contributed by atoms with E-state index < -0.39 is 11.9 Å². The lowest BCUT2D eigenvalue weighted by atomic mass is 10.2. The second-order valence-electron chi connectivity index (χ2n) is 4.48. The monoisotopic (exact) mass is 298 g/mol. The number of amides is 1. The predicted molar refractivity (Wildman–Crippen MR) is 78.5 cm³/mol. The minimum absolute atomic E-state index is 0.104. The lowest BCUT2D eigenvalue weighted by molar-refractivity contribution is -0.114. The second-order valence-corrected chi connectivity index (χ2v) is 4.48. The summed E-state index contributed by atoms with van der Waals surface area (Å²) in [5.41, 5.74) is 1.91. The number of benzene rings is 1. The maximum absolute atomic E-state index is 11.2. The Morgan fingerprint density at radius 3 is 2.95 bits per heavy atom. The zero-order valence-corrected chi connectivity index (χ0v) is 11.2. The summed E-state index contributed by atoms with van der Waals surface area (Å²) in [5, 5.41) is 11.5. The van der Waals surface area contributed by atoms with Gasteiger partial charge >= 0.3 is 5.97 Å². The summed E-state index contributed by atoms with van der Waals surface area (Å²) < 4.78 is 12.6. The summed E-state index contributed by atoms with van der Waals surface area (Å²) in [5.74, 6) is -1.30. The van der Waals surface area contributed by atoms with E-state index in [0.717, 1.165) is 0 Å². The summed E-state index contributed by atoms with van der Waals surface area (Å²) >= 11 is 0. The number of hydrogen-bond acceptors (Lipinski definition) is 5. The average molecular weight is 298 g/mol. The van der Waals surface area contributed by atoms with Gasteiger partial charge in [0.1, 0.15) is 11.2 Å². The highest BCUT2D eigenvalue weighted by molar-refractivity contribution is 5.91. The van der Waals surface area contributed by atoms with Crippen molar-refractivity contribution in [3.05, 3.63) is 42.2 Å². The van der Waals surface area contributed by atoms with Gasteiger partial charge in [-0.1, -0.05) is 0 Å². The largest absolute Gasteiger partial charge is 0.477 e.